The largest absolute Gasteiger partial charge is 0.392 e. The van der Waals surface area contributed by atoms with Crippen molar-refractivity contribution in [2.75, 3.05) is 0 Å². The van der Waals surface area contributed by atoms with Gasteiger partial charge in [-0.15, -0.1) is 0 Å². The van der Waals surface area contributed by atoms with Crippen molar-refractivity contribution in [3.63, 3.8) is 0 Å². The first-order chi connectivity index (χ1) is 13.1. The molecular weight excluding hydrogens is 334 g/mol. The maximum absolute atomic E-state index is 9.21. The minimum Gasteiger partial charge on any atom is -0.392 e. The summed E-state index contributed by atoms with van der Waals surface area (Å²) in [5.74, 6) is 0.536. The zero-order valence-corrected chi connectivity index (χ0v) is 15.6. The fraction of sp³-hybridized carbons (Fsp3) is 0.217. The second-order valence-electron chi connectivity index (χ2n) is 7.19. The molecule has 2 heterocycles. The minimum atomic E-state index is 0.0538. The van der Waals surface area contributed by atoms with Crippen LogP contribution < -0.4 is 0 Å². The van der Waals surface area contributed by atoms with Gasteiger partial charge in [-0.2, -0.15) is 0 Å². The highest BCUT2D eigenvalue weighted by atomic mass is 16.3. The molecule has 27 heavy (non-hydrogen) atoms. The molecule has 0 amide bonds. The summed E-state index contributed by atoms with van der Waals surface area (Å²) >= 11 is 0. The van der Waals surface area contributed by atoms with Crippen LogP contribution in [-0.4, -0.2) is 20.1 Å². The van der Waals surface area contributed by atoms with E-state index >= 15 is 0 Å². The van der Waals surface area contributed by atoms with Crippen LogP contribution in [-0.2, 0) is 13.0 Å². The number of aromatic amines is 1. The molecule has 4 heteroatoms. The van der Waals surface area contributed by atoms with Crippen molar-refractivity contribution in [1.29, 1.82) is 0 Å². The normalized spacial score (nSPS) is 11.4. The summed E-state index contributed by atoms with van der Waals surface area (Å²) in [4.78, 5) is 12.3. The number of fused-ring (bicyclic) bond motifs is 1. The van der Waals surface area contributed by atoms with Gasteiger partial charge in [-0.05, 0) is 34.2 Å². The molecule has 0 fully saturated rings. The monoisotopic (exact) mass is 357 g/mol. The fourth-order valence-corrected chi connectivity index (χ4v) is 3.29. The number of benzene rings is 2. The maximum atomic E-state index is 9.21. The van der Waals surface area contributed by atoms with Gasteiger partial charge in [-0.25, -0.2) is 9.97 Å². The van der Waals surface area contributed by atoms with Gasteiger partial charge >= 0.3 is 0 Å². The number of aliphatic hydroxyl groups excluding tert-OH is 1. The van der Waals surface area contributed by atoms with Crippen LogP contribution in [0.25, 0.3) is 22.3 Å². The lowest BCUT2D eigenvalue weighted by Gasteiger charge is -2.07. The number of rotatable bonds is 5. The highest BCUT2D eigenvalue weighted by Gasteiger charge is 2.10. The Labute approximate surface area is 158 Å². The van der Waals surface area contributed by atoms with Crippen LogP contribution in [0.15, 0.2) is 60.9 Å². The topological polar surface area (TPSA) is 61.8 Å². The molecular formula is C23H23N3O. The molecule has 0 saturated heterocycles. The van der Waals surface area contributed by atoms with Gasteiger partial charge in [-0.3, -0.25) is 0 Å². The number of aliphatic hydroxyl groups is 1. The van der Waals surface area contributed by atoms with Crippen LogP contribution in [0.2, 0.25) is 0 Å². The first kappa shape index (κ1) is 17.4. The molecule has 0 aliphatic heterocycles. The second-order valence-corrected chi connectivity index (χ2v) is 7.19. The Bertz CT molecular complexity index is 1050. The lowest BCUT2D eigenvalue weighted by molar-refractivity contribution is 0.282. The molecule has 0 aliphatic carbocycles. The van der Waals surface area contributed by atoms with Crippen molar-refractivity contribution in [3.8, 4) is 11.3 Å². The van der Waals surface area contributed by atoms with Crippen LogP contribution in [0.5, 0.6) is 0 Å². The summed E-state index contributed by atoms with van der Waals surface area (Å²) in [5.41, 5.74) is 7.44. The van der Waals surface area contributed by atoms with E-state index < -0.39 is 0 Å². The number of aromatic nitrogens is 3. The highest BCUT2D eigenvalue weighted by molar-refractivity contribution is 5.85. The third kappa shape index (κ3) is 3.62. The molecule has 0 bridgehead atoms. The van der Waals surface area contributed by atoms with Gasteiger partial charge in [0.05, 0.1) is 12.3 Å². The van der Waals surface area contributed by atoms with Gasteiger partial charge in [0.25, 0.3) is 0 Å². The van der Waals surface area contributed by atoms with E-state index in [1.54, 1.807) is 6.33 Å². The molecule has 4 nitrogen and oxygen atoms in total. The van der Waals surface area contributed by atoms with Crippen molar-refractivity contribution in [2.45, 2.75) is 32.8 Å². The Hall–Kier alpha value is -2.98. The SMILES string of the molecule is CC(C)c1ccc(Cc2ncnc3[nH]c(-c4ccc(CO)cc4)cc23)cc1. The number of hydrogen-bond donors (Lipinski definition) is 2. The summed E-state index contributed by atoms with van der Waals surface area (Å²) in [5, 5.41) is 10.3. The van der Waals surface area contributed by atoms with Crippen LogP contribution in [0, 0.1) is 0 Å². The molecule has 0 spiro atoms. The van der Waals surface area contributed by atoms with Crippen molar-refractivity contribution < 1.29 is 5.11 Å². The van der Waals surface area contributed by atoms with Gasteiger partial charge in [0, 0.05) is 17.5 Å². The highest BCUT2D eigenvalue weighted by Crippen LogP contribution is 2.26. The Morgan fingerprint density at radius 1 is 0.926 bits per heavy atom. The summed E-state index contributed by atoms with van der Waals surface area (Å²) in [6, 6.07) is 18.8. The second kappa shape index (κ2) is 7.33. The molecule has 2 N–H and O–H groups in total. The van der Waals surface area contributed by atoms with Crippen LogP contribution in [0.3, 0.4) is 0 Å². The van der Waals surface area contributed by atoms with E-state index in [1.165, 1.54) is 11.1 Å². The van der Waals surface area contributed by atoms with E-state index in [0.29, 0.717) is 5.92 Å². The molecule has 136 valence electrons. The Balaban J connectivity index is 1.66. The standard InChI is InChI=1S/C23H23N3O/c1-15(2)18-7-3-16(4-8-18)11-22-20-12-21(26-23(20)25-14-24-22)19-9-5-17(13-27)6-10-19/h3-10,12,14-15,27H,11,13H2,1-2H3,(H,24,25,26). The summed E-state index contributed by atoms with van der Waals surface area (Å²) in [6.45, 7) is 4.47. The van der Waals surface area contributed by atoms with E-state index in [2.05, 4.69) is 59.1 Å². The average Bonchev–Trinajstić information content (AvgIpc) is 3.14. The number of H-pyrrole nitrogens is 1. The van der Waals surface area contributed by atoms with Gasteiger partial charge in [0.1, 0.15) is 12.0 Å². The van der Waals surface area contributed by atoms with Crippen molar-refractivity contribution in [1.82, 2.24) is 15.0 Å². The Morgan fingerprint density at radius 3 is 2.30 bits per heavy atom. The fourth-order valence-electron chi connectivity index (χ4n) is 3.29. The lowest BCUT2D eigenvalue weighted by atomic mass is 10.00. The summed E-state index contributed by atoms with van der Waals surface area (Å²) < 4.78 is 0. The number of nitrogens with zero attached hydrogens (tertiary/aromatic N) is 2. The molecule has 4 rings (SSSR count). The number of nitrogens with one attached hydrogen (secondary N) is 1. The van der Waals surface area contributed by atoms with Gasteiger partial charge in [0.2, 0.25) is 0 Å². The predicted octanol–water partition coefficient (Wildman–Crippen LogP) is 4.83. The van der Waals surface area contributed by atoms with Gasteiger partial charge < -0.3 is 10.1 Å². The maximum Gasteiger partial charge on any atom is 0.141 e. The minimum absolute atomic E-state index is 0.0538. The predicted molar refractivity (Wildman–Crippen MR) is 109 cm³/mol. The van der Waals surface area contributed by atoms with E-state index in [4.69, 9.17) is 0 Å². The summed E-state index contributed by atoms with van der Waals surface area (Å²) in [6.07, 6.45) is 2.40. The first-order valence-electron chi connectivity index (χ1n) is 9.25. The quantitative estimate of drug-likeness (QED) is 0.538. The lowest BCUT2D eigenvalue weighted by Crippen LogP contribution is -1.95. The average molecular weight is 357 g/mol. The molecule has 0 radical (unpaired) electrons. The van der Waals surface area contributed by atoms with E-state index in [1.807, 2.05) is 24.3 Å². The molecule has 0 unspecified atom stereocenters. The van der Waals surface area contributed by atoms with Crippen molar-refractivity contribution >= 4 is 11.0 Å². The van der Waals surface area contributed by atoms with E-state index in [0.717, 1.165) is 40.0 Å². The Morgan fingerprint density at radius 2 is 1.63 bits per heavy atom. The number of hydrogen-bond acceptors (Lipinski definition) is 3. The zero-order valence-electron chi connectivity index (χ0n) is 15.6. The van der Waals surface area contributed by atoms with E-state index in [-0.39, 0.29) is 6.61 Å². The van der Waals surface area contributed by atoms with Crippen molar-refractivity contribution in [2.24, 2.45) is 0 Å². The first-order valence-corrected chi connectivity index (χ1v) is 9.25. The molecule has 0 atom stereocenters. The van der Waals surface area contributed by atoms with Crippen molar-refractivity contribution in [3.05, 3.63) is 83.3 Å². The Kier molecular flexibility index (Phi) is 4.73. The van der Waals surface area contributed by atoms with E-state index in [9.17, 15) is 5.11 Å². The smallest absolute Gasteiger partial charge is 0.141 e. The van der Waals surface area contributed by atoms with Gasteiger partial charge in [0.15, 0.2) is 0 Å². The van der Waals surface area contributed by atoms with Crippen LogP contribution in [0.4, 0.5) is 0 Å². The molecule has 4 aromatic rings. The summed E-state index contributed by atoms with van der Waals surface area (Å²) in [7, 11) is 0. The molecule has 0 saturated carbocycles. The third-order valence-corrected chi connectivity index (χ3v) is 4.97. The molecule has 2 aromatic heterocycles. The van der Waals surface area contributed by atoms with Crippen LogP contribution >= 0.6 is 0 Å². The van der Waals surface area contributed by atoms with Crippen LogP contribution in [0.1, 0.15) is 42.1 Å². The van der Waals surface area contributed by atoms with Gasteiger partial charge in [-0.1, -0.05) is 62.4 Å². The molecule has 0 aliphatic rings. The molecule has 2 aromatic carbocycles. The zero-order chi connectivity index (χ0) is 18.8. The third-order valence-electron chi connectivity index (χ3n) is 4.97.